The van der Waals surface area contributed by atoms with Gasteiger partial charge in [-0.05, 0) is 26.0 Å². The molecular formula is C15H14BrN3S. The van der Waals surface area contributed by atoms with Crippen molar-refractivity contribution in [1.29, 1.82) is 0 Å². The van der Waals surface area contributed by atoms with Crippen LogP contribution in [0, 0.1) is 6.92 Å². The molecule has 2 aromatic heterocycles. The summed E-state index contributed by atoms with van der Waals surface area (Å²) >= 11 is 5.25. The van der Waals surface area contributed by atoms with E-state index in [1.54, 1.807) is 11.3 Å². The van der Waals surface area contributed by atoms with Crippen LogP contribution < -0.4 is 5.32 Å². The van der Waals surface area contributed by atoms with E-state index in [4.69, 9.17) is 0 Å². The van der Waals surface area contributed by atoms with Crippen molar-refractivity contribution in [1.82, 2.24) is 9.97 Å². The highest BCUT2D eigenvalue weighted by atomic mass is 79.9. The maximum atomic E-state index is 4.52. The van der Waals surface area contributed by atoms with Gasteiger partial charge in [-0.3, -0.25) is 0 Å². The molecule has 0 radical (unpaired) electrons. The van der Waals surface area contributed by atoms with Crippen LogP contribution in [-0.4, -0.2) is 9.97 Å². The molecule has 5 heteroatoms. The van der Waals surface area contributed by atoms with Crippen molar-refractivity contribution in [2.45, 2.75) is 19.9 Å². The molecule has 0 spiro atoms. The molecule has 0 aliphatic heterocycles. The zero-order chi connectivity index (χ0) is 14.1. The Morgan fingerprint density at radius 1 is 1.25 bits per heavy atom. The number of benzene rings is 1. The van der Waals surface area contributed by atoms with E-state index >= 15 is 0 Å². The summed E-state index contributed by atoms with van der Waals surface area (Å²) in [6, 6.07) is 8.31. The Morgan fingerprint density at radius 2 is 2.10 bits per heavy atom. The van der Waals surface area contributed by atoms with Gasteiger partial charge in [0.05, 0.1) is 6.04 Å². The molecule has 0 saturated heterocycles. The first kappa shape index (κ1) is 13.5. The van der Waals surface area contributed by atoms with E-state index in [1.807, 2.05) is 31.3 Å². The quantitative estimate of drug-likeness (QED) is 0.729. The lowest BCUT2D eigenvalue weighted by Gasteiger charge is -2.14. The molecule has 102 valence electrons. The number of pyridine rings is 1. The van der Waals surface area contributed by atoms with E-state index in [9.17, 15) is 0 Å². The Kier molecular flexibility index (Phi) is 3.72. The Balaban J connectivity index is 1.97. The van der Waals surface area contributed by atoms with Crippen LogP contribution in [0.1, 0.15) is 23.7 Å². The van der Waals surface area contributed by atoms with Gasteiger partial charge in [0.2, 0.25) is 0 Å². The average Bonchev–Trinajstić information content (AvgIpc) is 2.87. The average molecular weight is 348 g/mol. The van der Waals surface area contributed by atoms with Gasteiger partial charge in [-0.15, -0.1) is 11.3 Å². The summed E-state index contributed by atoms with van der Waals surface area (Å²) in [6.07, 6.45) is 1.83. The Morgan fingerprint density at radius 3 is 2.85 bits per heavy atom. The lowest BCUT2D eigenvalue weighted by Crippen LogP contribution is -2.08. The molecule has 1 atom stereocenters. The van der Waals surface area contributed by atoms with Crippen LogP contribution in [0.5, 0.6) is 0 Å². The molecule has 0 amide bonds. The third-order valence-corrected chi connectivity index (χ3v) is 4.95. The lowest BCUT2D eigenvalue weighted by atomic mass is 10.1. The number of nitrogens with zero attached hydrogens (tertiary/aromatic N) is 2. The van der Waals surface area contributed by atoms with Crippen molar-refractivity contribution >= 4 is 43.9 Å². The normalized spacial score (nSPS) is 12.6. The molecule has 3 aromatic rings. The summed E-state index contributed by atoms with van der Waals surface area (Å²) in [5.74, 6) is 0.893. The van der Waals surface area contributed by atoms with Crippen molar-refractivity contribution in [2.24, 2.45) is 0 Å². The number of aryl methyl sites for hydroxylation is 1. The zero-order valence-electron chi connectivity index (χ0n) is 11.2. The first-order chi connectivity index (χ1) is 9.65. The number of hydrogen-bond donors (Lipinski definition) is 1. The molecule has 1 N–H and O–H groups in total. The number of hydrogen-bond acceptors (Lipinski definition) is 4. The second-order valence-corrected chi connectivity index (χ2v) is 6.43. The molecule has 0 fully saturated rings. The maximum Gasteiger partial charge on any atom is 0.134 e. The summed E-state index contributed by atoms with van der Waals surface area (Å²) < 4.78 is 1.08. The molecule has 0 aliphatic rings. The molecule has 1 unspecified atom stereocenters. The minimum atomic E-state index is 0.144. The molecule has 1 aromatic carbocycles. The van der Waals surface area contributed by atoms with Crippen LogP contribution in [0.2, 0.25) is 0 Å². The third-order valence-electron chi connectivity index (χ3n) is 3.11. The van der Waals surface area contributed by atoms with Gasteiger partial charge in [-0.25, -0.2) is 9.97 Å². The van der Waals surface area contributed by atoms with E-state index in [0.29, 0.717) is 0 Å². The molecule has 0 bridgehead atoms. The number of rotatable bonds is 3. The number of halogens is 1. The molecule has 3 nitrogen and oxygen atoms in total. The van der Waals surface area contributed by atoms with Crippen LogP contribution in [0.15, 0.2) is 40.3 Å². The van der Waals surface area contributed by atoms with Gasteiger partial charge in [-0.2, -0.15) is 0 Å². The first-order valence-corrected chi connectivity index (χ1v) is 8.04. The molecule has 3 rings (SSSR count). The maximum absolute atomic E-state index is 4.52. The monoisotopic (exact) mass is 347 g/mol. The summed E-state index contributed by atoms with van der Waals surface area (Å²) in [7, 11) is 0. The topological polar surface area (TPSA) is 37.8 Å². The fourth-order valence-electron chi connectivity index (χ4n) is 2.12. The molecule has 0 saturated carbocycles. The summed E-state index contributed by atoms with van der Waals surface area (Å²) in [5.41, 5.74) is 1.06. The van der Waals surface area contributed by atoms with Gasteiger partial charge < -0.3 is 5.32 Å². The highest BCUT2D eigenvalue weighted by Crippen LogP contribution is 2.30. The highest BCUT2D eigenvalue weighted by Gasteiger charge is 2.12. The molecule has 2 heterocycles. The van der Waals surface area contributed by atoms with E-state index in [2.05, 4.69) is 49.6 Å². The van der Waals surface area contributed by atoms with Gasteiger partial charge in [0, 0.05) is 32.5 Å². The minimum absolute atomic E-state index is 0.144. The number of thiazole rings is 1. The smallest absolute Gasteiger partial charge is 0.134 e. The Hall–Kier alpha value is -1.46. The SMILES string of the molecule is Cc1csc(C(C)Nc2nccc3c(Br)cccc23)n1. The standard InChI is InChI=1S/C15H14BrN3S/c1-9-8-20-15(18-9)10(2)19-14-12-4-3-5-13(16)11(12)6-7-17-14/h3-8,10H,1-2H3,(H,17,19). The first-order valence-electron chi connectivity index (χ1n) is 6.37. The van der Waals surface area contributed by atoms with Crippen molar-refractivity contribution in [3.05, 3.63) is 51.0 Å². The Labute approximate surface area is 130 Å². The number of anilines is 1. The minimum Gasteiger partial charge on any atom is -0.361 e. The summed E-state index contributed by atoms with van der Waals surface area (Å²) in [6.45, 7) is 4.12. The Bertz CT molecular complexity index is 754. The van der Waals surface area contributed by atoms with Crippen molar-refractivity contribution in [3.8, 4) is 0 Å². The third kappa shape index (κ3) is 2.55. The number of nitrogens with one attached hydrogen (secondary N) is 1. The van der Waals surface area contributed by atoms with E-state index in [0.717, 1.165) is 31.8 Å². The van der Waals surface area contributed by atoms with Crippen LogP contribution in [0.3, 0.4) is 0 Å². The van der Waals surface area contributed by atoms with Crippen LogP contribution in [0.25, 0.3) is 10.8 Å². The fourth-order valence-corrected chi connectivity index (χ4v) is 3.42. The second kappa shape index (κ2) is 5.50. The van der Waals surface area contributed by atoms with Gasteiger partial charge in [0.25, 0.3) is 0 Å². The van der Waals surface area contributed by atoms with Gasteiger partial charge in [0.15, 0.2) is 0 Å². The zero-order valence-corrected chi connectivity index (χ0v) is 13.6. The van der Waals surface area contributed by atoms with Gasteiger partial charge >= 0.3 is 0 Å². The van der Waals surface area contributed by atoms with Crippen LogP contribution >= 0.6 is 27.3 Å². The second-order valence-electron chi connectivity index (χ2n) is 4.69. The summed E-state index contributed by atoms with van der Waals surface area (Å²) in [5, 5.41) is 8.88. The van der Waals surface area contributed by atoms with Gasteiger partial charge in [0.1, 0.15) is 10.8 Å². The van der Waals surface area contributed by atoms with Crippen molar-refractivity contribution < 1.29 is 0 Å². The van der Waals surface area contributed by atoms with E-state index in [1.165, 1.54) is 0 Å². The molecule has 20 heavy (non-hydrogen) atoms. The van der Waals surface area contributed by atoms with E-state index < -0.39 is 0 Å². The van der Waals surface area contributed by atoms with E-state index in [-0.39, 0.29) is 6.04 Å². The lowest BCUT2D eigenvalue weighted by molar-refractivity contribution is 0.858. The molecular weight excluding hydrogens is 334 g/mol. The van der Waals surface area contributed by atoms with Crippen molar-refractivity contribution in [2.75, 3.05) is 5.32 Å². The van der Waals surface area contributed by atoms with Crippen LogP contribution in [-0.2, 0) is 0 Å². The predicted molar refractivity (Wildman–Crippen MR) is 88.3 cm³/mol. The number of fused-ring (bicyclic) bond motifs is 1. The fraction of sp³-hybridized carbons (Fsp3) is 0.200. The largest absolute Gasteiger partial charge is 0.361 e. The number of aromatic nitrogens is 2. The molecule has 0 aliphatic carbocycles. The highest BCUT2D eigenvalue weighted by molar-refractivity contribution is 9.10. The predicted octanol–water partition coefficient (Wildman–Crippen LogP) is 4.94. The van der Waals surface area contributed by atoms with Crippen molar-refractivity contribution in [3.63, 3.8) is 0 Å². The van der Waals surface area contributed by atoms with Gasteiger partial charge in [-0.1, -0.05) is 28.1 Å². The summed E-state index contributed by atoms with van der Waals surface area (Å²) in [4.78, 5) is 8.99. The van der Waals surface area contributed by atoms with Crippen LogP contribution in [0.4, 0.5) is 5.82 Å².